The number of hydrogen-bond donors (Lipinski definition) is 1. The van der Waals surface area contributed by atoms with Crippen molar-refractivity contribution in [1.29, 1.82) is 0 Å². The minimum atomic E-state index is -0.719. The molecule has 1 N–H and O–H groups in total. The third kappa shape index (κ3) is 3.35. The van der Waals surface area contributed by atoms with Gasteiger partial charge in [-0.15, -0.1) is 0 Å². The summed E-state index contributed by atoms with van der Waals surface area (Å²) in [6, 6.07) is 10.6. The first kappa shape index (κ1) is 14.1. The van der Waals surface area contributed by atoms with Crippen molar-refractivity contribution in [3.05, 3.63) is 35.9 Å². The van der Waals surface area contributed by atoms with E-state index < -0.39 is 5.97 Å². The zero-order chi connectivity index (χ0) is 13.8. The Hall–Kier alpha value is -1.35. The van der Waals surface area contributed by atoms with Gasteiger partial charge in [0.05, 0.1) is 6.42 Å². The summed E-state index contributed by atoms with van der Waals surface area (Å²) >= 11 is 0. The highest BCUT2D eigenvalue weighted by molar-refractivity contribution is 5.68. The van der Waals surface area contributed by atoms with Gasteiger partial charge in [-0.1, -0.05) is 44.2 Å². The summed E-state index contributed by atoms with van der Waals surface area (Å²) in [5.41, 5.74) is 1.12. The molecule has 0 spiro atoms. The van der Waals surface area contributed by atoms with Gasteiger partial charge in [0.15, 0.2) is 0 Å². The maximum absolute atomic E-state index is 11.2. The van der Waals surface area contributed by atoms with Crippen LogP contribution in [0.1, 0.15) is 44.7 Å². The first-order valence-corrected chi connectivity index (χ1v) is 7.12. The lowest BCUT2D eigenvalue weighted by Crippen LogP contribution is -2.37. The highest BCUT2D eigenvalue weighted by atomic mass is 16.4. The molecule has 3 heteroatoms. The molecule has 2 unspecified atom stereocenters. The monoisotopic (exact) mass is 261 g/mol. The second-order valence-corrected chi connectivity index (χ2v) is 5.72. The molecule has 1 heterocycles. The number of benzene rings is 1. The summed E-state index contributed by atoms with van der Waals surface area (Å²) in [6.45, 7) is 5.47. The number of hydrogen-bond acceptors (Lipinski definition) is 2. The summed E-state index contributed by atoms with van der Waals surface area (Å²) in [5, 5.41) is 9.20. The van der Waals surface area contributed by atoms with Crippen molar-refractivity contribution in [2.45, 2.75) is 45.2 Å². The Morgan fingerprint density at radius 1 is 1.37 bits per heavy atom. The summed E-state index contributed by atoms with van der Waals surface area (Å²) in [7, 11) is 0. The number of aliphatic carboxylic acids is 1. The predicted molar refractivity (Wildman–Crippen MR) is 76.0 cm³/mol. The molecular weight excluding hydrogens is 238 g/mol. The lowest BCUT2D eigenvalue weighted by atomic mass is 9.96. The zero-order valence-corrected chi connectivity index (χ0v) is 11.7. The van der Waals surface area contributed by atoms with E-state index in [0.717, 1.165) is 12.1 Å². The van der Waals surface area contributed by atoms with Crippen LogP contribution in [0.4, 0.5) is 0 Å². The number of nitrogens with zero attached hydrogens (tertiary/aromatic N) is 1. The molecule has 1 saturated heterocycles. The Bertz CT molecular complexity index is 416. The molecule has 0 bridgehead atoms. The van der Waals surface area contributed by atoms with Crippen molar-refractivity contribution in [3.8, 4) is 0 Å². The van der Waals surface area contributed by atoms with Crippen LogP contribution in [0.3, 0.4) is 0 Å². The van der Waals surface area contributed by atoms with Crippen LogP contribution in [-0.2, 0) is 4.79 Å². The number of carbonyl (C=O) groups is 1. The van der Waals surface area contributed by atoms with Crippen LogP contribution < -0.4 is 0 Å². The van der Waals surface area contributed by atoms with Crippen molar-refractivity contribution in [2.75, 3.05) is 6.54 Å². The molecule has 0 radical (unpaired) electrons. The van der Waals surface area contributed by atoms with E-state index in [1.807, 2.05) is 30.3 Å². The normalized spacial score (nSPS) is 21.7. The number of rotatable bonds is 5. The Kier molecular flexibility index (Phi) is 4.59. The highest BCUT2D eigenvalue weighted by Crippen LogP contribution is 2.34. The zero-order valence-electron chi connectivity index (χ0n) is 11.7. The van der Waals surface area contributed by atoms with Gasteiger partial charge in [-0.25, -0.2) is 0 Å². The van der Waals surface area contributed by atoms with E-state index >= 15 is 0 Å². The number of likely N-dealkylation sites (tertiary alicyclic amines) is 1. The van der Waals surface area contributed by atoms with Crippen LogP contribution in [0.25, 0.3) is 0 Å². The molecule has 2 rings (SSSR count). The van der Waals surface area contributed by atoms with E-state index in [1.54, 1.807) is 0 Å². The fraction of sp³-hybridized carbons (Fsp3) is 0.562. The van der Waals surface area contributed by atoms with Crippen LogP contribution >= 0.6 is 0 Å². The second kappa shape index (κ2) is 6.20. The molecular formula is C16H23NO2. The molecule has 0 aliphatic carbocycles. The quantitative estimate of drug-likeness (QED) is 0.884. The van der Waals surface area contributed by atoms with E-state index in [1.165, 1.54) is 12.8 Å². The Morgan fingerprint density at radius 2 is 2.05 bits per heavy atom. The van der Waals surface area contributed by atoms with Crippen molar-refractivity contribution in [3.63, 3.8) is 0 Å². The SMILES string of the molecule is CC(C)C1CCCN1C(CC(=O)O)c1ccccc1. The average molecular weight is 261 g/mol. The maximum atomic E-state index is 11.2. The minimum absolute atomic E-state index is 0.00796. The Morgan fingerprint density at radius 3 is 2.63 bits per heavy atom. The molecule has 2 atom stereocenters. The van der Waals surface area contributed by atoms with Gasteiger partial charge < -0.3 is 5.11 Å². The van der Waals surface area contributed by atoms with E-state index in [-0.39, 0.29) is 12.5 Å². The van der Waals surface area contributed by atoms with Crippen LogP contribution in [0.5, 0.6) is 0 Å². The van der Waals surface area contributed by atoms with Crippen LogP contribution in [-0.4, -0.2) is 28.6 Å². The largest absolute Gasteiger partial charge is 0.481 e. The van der Waals surface area contributed by atoms with Crippen molar-refractivity contribution >= 4 is 5.97 Å². The molecule has 1 aromatic rings. The lowest BCUT2D eigenvalue weighted by Gasteiger charge is -2.34. The molecule has 3 nitrogen and oxygen atoms in total. The van der Waals surface area contributed by atoms with Crippen molar-refractivity contribution in [1.82, 2.24) is 4.90 Å². The Balaban J connectivity index is 2.25. The van der Waals surface area contributed by atoms with Crippen LogP contribution in [0.15, 0.2) is 30.3 Å². The fourth-order valence-electron chi connectivity index (χ4n) is 3.19. The molecule has 1 aliphatic rings. The molecule has 0 amide bonds. The van der Waals surface area contributed by atoms with Gasteiger partial charge in [-0.2, -0.15) is 0 Å². The summed E-state index contributed by atoms with van der Waals surface area (Å²) in [4.78, 5) is 13.6. The van der Waals surface area contributed by atoms with Gasteiger partial charge in [-0.3, -0.25) is 9.69 Å². The van der Waals surface area contributed by atoms with E-state index in [2.05, 4.69) is 18.7 Å². The molecule has 1 aromatic carbocycles. The highest BCUT2D eigenvalue weighted by Gasteiger charge is 2.34. The van der Waals surface area contributed by atoms with Gasteiger partial charge in [0.2, 0.25) is 0 Å². The van der Waals surface area contributed by atoms with Gasteiger partial charge in [0.1, 0.15) is 0 Å². The molecule has 0 saturated carbocycles. The van der Waals surface area contributed by atoms with E-state index in [4.69, 9.17) is 0 Å². The van der Waals surface area contributed by atoms with Crippen LogP contribution in [0, 0.1) is 5.92 Å². The second-order valence-electron chi connectivity index (χ2n) is 5.72. The maximum Gasteiger partial charge on any atom is 0.305 e. The first-order valence-electron chi connectivity index (χ1n) is 7.12. The summed E-state index contributed by atoms with van der Waals surface area (Å²) < 4.78 is 0. The van der Waals surface area contributed by atoms with E-state index in [0.29, 0.717) is 12.0 Å². The fourth-order valence-corrected chi connectivity index (χ4v) is 3.19. The molecule has 19 heavy (non-hydrogen) atoms. The third-order valence-corrected chi connectivity index (χ3v) is 4.06. The summed E-state index contributed by atoms with van der Waals surface area (Å²) in [6.07, 6.45) is 2.54. The smallest absolute Gasteiger partial charge is 0.305 e. The third-order valence-electron chi connectivity index (χ3n) is 4.06. The first-order chi connectivity index (χ1) is 9.09. The van der Waals surface area contributed by atoms with E-state index in [9.17, 15) is 9.90 Å². The van der Waals surface area contributed by atoms with Gasteiger partial charge in [-0.05, 0) is 30.9 Å². The number of carboxylic acid groups (broad SMARTS) is 1. The lowest BCUT2D eigenvalue weighted by molar-refractivity contribution is -0.138. The topological polar surface area (TPSA) is 40.5 Å². The minimum Gasteiger partial charge on any atom is -0.481 e. The van der Waals surface area contributed by atoms with Gasteiger partial charge >= 0.3 is 5.97 Å². The molecule has 1 fully saturated rings. The van der Waals surface area contributed by atoms with Crippen LogP contribution in [0.2, 0.25) is 0 Å². The standard InChI is InChI=1S/C16H23NO2/c1-12(2)14-9-6-10-17(14)15(11-16(18)19)13-7-4-3-5-8-13/h3-5,7-8,12,14-15H,6,9-11H2,1-2H3,(H,18,19). The predicted octanol–water partition coefficient (Wildman–Crippen LogP) is 3.32. The summed E-state index contributed by atoms with van der Waals surface area (Å²) in [5.74, 6) is -0.147. The Labute approximate surface area is 115 Å². The number of carboxylic acids is 1. The van der Waals surface area contributed by atoms with Crippen molar-refractivity contribution in [2.24, 2.45) is 5.92 Å². The molecule has 0 aromatic heterocycles. The average Bonchev–Trinajstić information content (AvgIpc) is 2.86. The molecule has 1 aliphatic heterocycles. The van der Waals surface area contributed by atoms with Crippen molar-refractivity contribution < 1.29 is 9.90 Å². The van der Waals surface area contributed by atoms with Gasteiger partial charge in [0.25, 0.3) is 0 Å². The molecule has 104 valence electrons. The van der Waals surface area contributed by atoms with Gasteiger partial charge in [0, 0.05) is 12.1 Å².